The standard InChI is InChI=1S/C11H24.3CHNO/c1-3-5-7-9-11-10-8-6-4-2;3*2-1-3/h3-11H2,1-2H3;3*2H. The zero-order valence-electron chi connectivity index (χ0n) is 12.6. The maximum absolute atomic E-state index is 8.35. The lowest BCUT2D eigenvalue weighted by molar-refractivity contribution is 0.562. The molecule has 0 bridgehead atoms. The predicted molar refractivity (Wildman–Crippen MR) is 78.1 cm³/mol. The van der Waals surface area contributed by atoms with Crippen LogP contribution in [0.3, 0.4) is 0 Å². The van der Waals surface area contributed by atoms with E-state index in [-0.39, 0.29) is 0 Å². The van der Waals surface area contributed by atoms with Crippen molar-refractivity contribution >= 4 is 18.2 Å². The Labute approximate surface area is 121 Å². The molecular weight excluding hydrogens is 258 g/mol. The van der Waals surface area contributed by atoms with Gasteiger partial charge in [-0.3, -0.25) is 0 Å². The lowest BCUT2D eigenvalue weighted by atomic mass is 10.1. The van der Waals surface area contributed by atoms with E-state index in [0.717, 1.165) is 18.2 Å². The van der Waals surface area contributed by atoms with Crippen LogP contribution in [0.1, 0.15) is 71.6 Å². The van der Waals surface area contributed by atoms with E-state index in [4.69, 9.17) is 30.6 Å². The van der Waals surface area contributed by atoms with Gasteiger partial charge in [0, 0.05) is 0 Å². The summed E-state index contributed by atoms with van der Waals surface area (Å²) in [6, 6.07) is 0. The maximum atomic E-state index is 8.35. The Bertz CT molecular complexity index is 214. The fraction of sp³-hybridized carbons (Fsp3) is 0.786. The average molecular weight is 285 g/mol. The van der Waals surface area contributed by atoms with Gasteiger partial charge in [0.1, 0.15) is 0 Å². The number of hydrogen-bond donors (Lipinski definition) is 3. The quantitative estimate of drug-likeness (QED) is 0.351. The highest BCUT2D eigenvalue weighted by atomic mass is 16.1. The largest absolute Gasteiger partial charge is 0.231 e. The van der Waals surface area contributed by atoms with Gasteiger partial charge < -0.3 is 0 Å². The van der Waals surface area contributed by atoms with Crippen LogP contribution in [0.4, 0.5) is 0 Å². The Morgan fingerprint density at radius 3 is 0.850 bits per heavy atom. The number of rotatable bonds is 8. The molecule has 0 aliphatic heterocycles. The van der Waals surface area contributed by atoms with E-state index in [1.165, 1.54) is 57.8 Å². The smallest absolute Gasteiger partial charge is 0.222 e. The molecule has 3 N–H and O–H groups in total. The van der Waals surface area contributed by atoms with Crippen molar-refractivity contribution in [2.24, 2.45) is 0 Å². The summed E-state index contributed by atoms with van der Waals surface area (Å²) in [4.78, 5) is 25.0. The summed E-state index contributed by atoms with van der Waals surface area (Å²) in [5.74, 6) is 0. The van der Waals surface area contributed by atoms with Gasteiger partial charge in [-0.05, 0) is 0 Å². The van der Waals surface area contributed by atoms with E-state index in [1.54, 1.807) is 0 Å². The van der Waals surface area contributed by atoms with Crippen molar-refractivity contribution in [3.8, 4) is 0 Å². The van der Waals surface area contributed by atoms with Crippen molar-refractivity contribution in [1.29, 1.82) is 16.2 Å². The SMILES string of the molecule is CCCCCCCCCCC.N=C=O.N=C=O.N=C=O. The molecule has 0 atom stereocenters. The molecule has 0 aromatic carbocycles. The van der Waals surface area contributed by atoms with Gasteiger partial charge in [-0.25, -0.2) is 30.6 Å². The fourth-order valence-corrected chi connectivity index (χ4v) is 1.38. The minimum atomic E-state index is 0.750. The monoisotopic (exact) mass is 285 g/mol. The Morgan fingerprint density at radius 1 is 0.550 bits per heavy atom. The molecule has 0 aliphatic rings. The van der Waals surface area contributed by atoms with Crippen LogP contribution in [0.5, 0.6) is 0 Å². The number of hydrogen-bond acceptors (Lipinski definition) is 6. The molecule has 0 saturated heterocycles. The van der Waals surface area contributed by atoms with Crippen LogP contribution in [0.25, 0.3) is 0 Å². The first kappa shape index (κ1) is 26.7. The summed E-state index contributed by atoms with van der Waals surface area (Å²) in [5.41, 5.74) is 0. The number of carbonyl (C=O) groups excluding carboxylic acids is 3. The molecule has 0 amide bonds. The summed E-state index contributed by atoms with van der Waals surface area (Å²) >= 11 is 0. The van der Waals surface area contributed by atoms with Gasteiger partial charge in [-0.2, -0.15) is 0 Å². The fourth-order valence-electron chi connectivity index (χ4n) is 1.38. The van der Waals surface area contributed by atoms with Crippen molar-refractivity contribution in [3.63, 3.8) is 0 Å². The first-order valence-corrected chi connectivity index (χ1v) is 6.78. The van der Waals surface area contributed by atoms with E-state index in [9.17, 15) is 0 Å². The third-order valence-corrected chi connectivity index (χ3v) is 2.21. The van der Waals surface area contributed by atoms with E-state index in [2.05, 4.69) is 13.8 Å². The molecule has 6 heteroatoms. The Hall–Kier alpha value is -1.86. The highest BCUT2D eigenvalue weighted by Gasteiger charge is 1.88. The molecule has 0 spiro atoms. The van der Waals surface area contributed by atoms with Crippen molar-refractivity contribution in [3.05, 3.63) is 0 Å². The summed E-state index contributed by atoms with van der Waals surface area (Å²) in [7, 11) is 0. The zero-order chi connectivity index (χ0) is 16.5. The average Bonchev–Trinajstić information content (AvgIpc) is 2.41. The van der Waals surface area contributed by atoms with Crippen LogP contribution in [0.2, 0.25) is 0 Å². The molecular formula is C14H27N3O3. The van der Waals surface area contributed by atoms with Gasteiger partial charge in [0.2, 0.25) is 18.2 Å². The predicted octanol–water partition coefficient (Wildman–Crippen LogP) is 4.24. The third kappa shape index (κ3) is 98.1. The maximum Gasteiger partial charge on any atom is 0.231 e. The van der Waals surface area contributed by atoms with Gasteiger partial charge in [0.25, 0.3) is 0 Å². The van der Waals surface area contributed by atoms with Crippen molar-refractivity contribution in [2.75, 3.05) is 0 Å². The zero-order valence-corrected chi connectivity index (χ0v) is 12.6. The first-order chi connectivity index (χ1) is 9.66. The second kappa shape index (κ2) is 43.4. The van der Waals surface area contributed by atoms with Crippen molar-refractivity contribution in [1.82, 2.24) is 0 Å². The lowest BCUT2D eigenvalue weighted by Gasteiger charge is -1.98. The van der Waals surface area contributed by atoms with Gasteiger partial charge >= 0.3 is 0 Å². The molecule has 0 unspecified atom stereocenters. The summed E-state index contributed by atoms with van der Waals surface area (Å²) in [5, 5.41) is 16.2. The topological polar surface area (TPSA) is 123 Å². The minimum absolute atomic E-state index is 0.750. The first-order valence-electron chi connectivity index (χ1n) is 6.78. The van der Waals surface area contributed by atoms with E-state index >= 15 is 0 Å². The number of unbranched alkanes of at least 4 members (excludes halogenated alkanes) is 8. The summed E-state index contributed by atoms with van der Waals surface area (Å²) in [6.45, 7) is 4.55. The third-order valence-electron chi connectivity index (χ3n) is 2.21. The Balaban J connectivity index is -0.000000117. The molecule has 116 valence electrons. The molecule has 0 aliphatic carbocycles. The van der Waals surface area contributed by atoms with Gasteiger partial charge in [-0.15, -0.1) is 0 Å². The normalized spacial score (nSPS) is 6.90. The summed E-state index contributed by atoms with van der Waals surface area (Å²) < 4.78 is 0. The highest BCUT2D eigenvalue weighted by Crippen LogP contribution is 2.08. The second-order valence-corrected chi connectivity index (χ2v) is 3.78. The molecule has 0 rings (SSSR count). The lowest BCUT2D eigenvalue weighted by Crippen LogP contribution is -1.79. The van der Waals surface area contributed by atoms with E-state index < -0.39 is 0 Å². The van der Waals surface area contributed by atoms with Crippen molar-refractivity contribution < 1.29 is 14.4 Å². The molecule has 0 saturated carbocycles. The molecule has 0 aromatic heterocycles. The van der Waals surface area contributed by atoms with Gasteiger partial charge in [0.05, 0.1) is 0 Å². The molecule has 0 heterocycles. The van der Waals surface area contributed by atoms with E-state index in [1.807, 2.05) is 0 Å². The van der Waals surface area contributed by atoms with Crippen LogP contribution in [-0.4, -0.2) is 18.2 Å². The Kier molecular flexibility index (Phi) is 57.9. The van der Waals surface area contributed by atoms with Crippen LogP contribution < -0.4 is 0 Å². The number of isocyanates is 3. The van der Waals surface area contributed by atoms with Gasteiger partial charge in [0.15, 0.2) is 0 Å². The van der Waals surface area contributed by atoms with Crippen LogP contribution >= 0.6 is 0 Å². The second-order valence-electron chi connectivity index (χ2n) is 3.78. The molecule has 20 heavy (non-hydrogen) atoms. The Morgan fingerprint density at radius 2 is 0.700 bits per heavy atom. The highest BCUT2D eigenvalue weighted by molar-refractivity contribution is 5.26. The van der Waals surface area contributed by atoms with Crippen LogP contribution in [-0.2, 0) is 14.4 Å². The van der Waals surface area contributed by atoms with Crippen LogP contribution in [0, 0.1) is 16.2 Å². The van der Waals surface area contributed by atoms with Crippen molar-refractivity contribution in [2.45, 2.75) is 71.6 Å². The molecule has 0 aromatic rings. The van der Waals surface area contributed by atoms with E-state index in [0.29, 0.717) is 0 Å². The van der Waals surface area contributed by atoms with Gasteiger partial charge in [-0.1, -0.05) is 71.6 Å². The molecule has 0 fully saturated rings. The summed E-state index contributed by atoms with van der Waals surface area (Å²) in [6.07, 6.45) is 15.2. The molecule has 6 nitrogen and oxygen atoms in total. The molecule has 0 radical (unpaired) electrons. The number of nitrogens with one attached hydrogen (secondary N) is 3. The van der Waals surface area contributed by atoms with Crippen LogP contribution in [0.15, 0.2) is 0 Å². The minimum Gasteiger partial charge on any atom is -0.222 e.